The van der Waals surface area contributed by atoms with Crippen LogP contribution in [-0.2, 0) is 32.0 Å². The van der Waals surface area contributed by atoms with Gasteiger partial charge >= 0.3 is 5.97 Å². The molecule has 9 heteroatoms. The van der Waals surface area contributed by atoms with Crippen LogP contribution in [0.5, 0.6) is 0 Å². The fourth-order valence-electron chi connectivity index (χ4n) is 2.94. The molecule has 3 amide bonds. The lowest BCUT2D eigenvalue weighted by Crippen LogP contribution is -2.54. The van der Waals surface area contributed by atoms with E-state index in [-0.39, 0.29) is 6.42 Å². The molecule has 0 fully saturated rings. The summed E-state index contributed by atoms with van der Waals surface area (Å²) in [5.41, 5.74) is 7.74. The van der Waals surface area contributed by atoms with Crippen molar-refractivity contribution in [3.05, 3.63) is 71.8 Å². The maximum absolute atomic E-state index is 12.7. The van der Waals surface area contributed by atoms with Gasteiger partial charge in [0.25, 0.3) is 0 Å². The molecule has 0 aliphatic carbocycles. The Bertz CT molecular complexity index is 920. The van der Waals surface area contributed by atoms with Crippen molar-refractivity contribution >= 4 is 23.7 Å². The van der Waals surface area contributed by atoms with Gasteiger partial charge < -0.3 is 26.8 Å². The highest BCUT2D eigenvalue weighted by molar-refractivity contribution is 5.92. The van der Waals surface area contributed by atoms with Gasteiger partial charge in [0.1, 0.15) is 12.1 Å². The van der Waals surface area contributed by atoms with Gasteiger partial charge in [0.2, 0.25) is 17.7 Å². The summed E-state index contributed by atoms with van der Waals surface area (Å²) in [5, 5.41) is 16.2. The quantitative estimate of drug-likeness (QED) is 0.332. The van der Waals surface area contributed by atoms with Crippen LogP contribution in [0.25, 0.3) is 0 Å². The monoisotopic (exact) mass is 440 g/mol. The molecule has 0 radical (unpaired) electrons. The van der Waals surface area contributed by atoms with E-state index < -0.39 is 48.4 Å². The summed E-state index contributed by atoms with van der Waals surface area (Å²) in [4.78, 5) is 48.1. The highest BCUT2D eigenvalue weighted by Gasteiger charge is 2.25. The van der Waals surface area contributed by atoms with Gasteiger partial charge in [0, 0.05) is 6.42 Å². The van der Waals surface area contributed by atoms with E-state index in [1.54, 1.807) is 0 Å². The molecular weight excluding hydrogens is 412 g/mol. The smallest absolute Gasteiger partial charge is 0.325 e. The fourth-order valence-corrected chi connectivity index (χ4v) is 2.94. The van der Waals surface area contributed by atoms with Crippen molar-refractivity contribution in [2.45, 2.75) is 37.9 Å². The van der Waals surface area contributed by atoms with Crippen LogP contribution in [0, 0.1) is 0 Å². The Balaban J connectivity index is 2.01. The summed E-state index contributed by atoms with van der Waals surface area (Å²) in [6.07, 6.45) is 0.505. The predicted octanol–water partition coefficient (Wildman–Crippen LogP) is -0.0106. The zero-order chi connectivity index (χ0) is 23.5. The summed E-state index contributed by atoms with van der Waals surface area (Å²) in [6.45, 7) is 0.891. The number of nitrogens with two attached hydrogens (primary N) is 1. The van der Waals surface area contributed by atoms with Gasteiger partial charge in [-0.3, -0.25) is 19.2 Å². The van der Waals surface area contributed by atoms with Crippen LogP contribution in [0.15, 0.2) is 60.7 Å². The van der Waals surface area contributed by atoms with E-state index in [0.29, 0.717) is 6.42 Å². The molecule has 32 heavy (non-hydrogen) atoms. The molecule has 0 aromatic heterocycles. The van der Waals surface area contributed by atoms with Crippen LogP contribution in [0.4, 0.5) is 0 Å². The molecule has 2 rings (SSSR count). The van der Waals surface area contributed by atoms with E-state index in [2.05, 4.69) is 16.0 Å². The Labute approximate surface area is 186 Å². The van der Waals surface area contributed by atoms with Gasteiger partial charge in [-0.05, 0) is 24.5 Å². The van der Waals surface area contributed by atoms with Gasteiger partial charge in [-0.1, -0.05) is 60.7 Å². The largest absolute Gasteiger partial charge is 0.480 e. The topological polar surface area (TPSA) is 151 Å². The third-order valence-corrected chi connectivity index (χ3v) is 4.72. The molecule has 9 nitrogen and oxygen atoms in total. The minimum atomic E-state index is -1.19. The molecule has 170 valence electrons. The second-order valence-electron chi connectivity index (χ2n) is 7.39. The number of carbonyl (C=O) groups is 4. The third-order valence-electron chi connectivity index (χ3n) is 4.72. The van der Waals surface area contributed by atoms with E-state index >= 15 is 0 Å². The number of nitrogens with one attached hydrogen (secondary N) is 3. The van der Waals surface area contributed by atoms with Gasteiger partial charge in [-0.25, -0.2) is 0 Å². The lowest BCUT2D eigenvalue weighted by atomic mass is 10.0. The van der Waals surface area contributed by atoms with Gasteiger partial charge in [0.05, 0.1) is 12.6 Å². The van der Waals surface area contributed by atoms with Crippen LogP contribution in [-0.4, -0.2) is 53.5 Å². The first-order valence-corrected chi connectivity index (χ1v) is 10.2. The Morgan fingerprint density at radius 3 is 1.91 bits per heavy atom. The lowest BCUT2D eigenvalue weighted by molar-refractivity contribution is -0.141. The van der Waals surface area contributed by atoms with Crippen LogP contribution < -0.4 is 21.7 Å². The summed E-state index contributed by atoms with van der Waals surface area (Å²) < 4.78 is 0. The van der Waals surface area contributed by atoms with E-state index in [1.807, 2.05) is 60.7 Å². The molecular formula is C23H28N4O5. The average molecular weight is 441 g/mol. The molecule has 2 aromatic carbocycles. The number of amides is 3. The van der Waals surface area contributed by atoms with Gasteiger partial charge in [0.15, 0.2) is 0 Å². The molecule has 3 atom stereocenters. The molecule has 6 N–H and O–H groups in total. The molecule has 0 spiro atoms. The van der Waals surface area contributed by atoms with Gasteiger partial charge in [-0.15, -0.1) is 0 Å². The van der Waals surface area contributed by atoms with Crippen LogP contribution >= 0.6 is 0 Å². The number of benzene rings is 2. The molecule has 0 aliphatic heterocycles. The number of rotatable bonds is 11. The van der Waals surface area contributed by atoms with Crippen LogP contribution in [0.2, 0.25) is 0 Å². The zero-order valence-corrected chi connectivity index (χ0v) is 17.8. The maximum Gasteiger partial charge on any atom is 0.325 e. The minimum Gasteiger partial charge on any atom is -0.480 e. The average Bonchev–Trinajstić information content (AvgIpc) is 2.78. The molecule has 0 saturated carbocycles. The summed E-state index contributed by atoms with van der Waals surface area (Å²) >= 11 is 0. The van der Waals surface area contributed by atoms with Crippen molar-refractivity contribution in [1.82, 2.24) is 16.0 Å². The molecule has 0 bridgehead atoms. The molecule has 0 heterocycles. The zero-order valence-electron chi connectivity index (χ0n) is 17.8. The van der Waals surface area contributed by atoms with E-state index in [1.165, 1.54) is 6.92 Å². The van der Waals surface area contributed by atoms with Crippen molar-refractivity contribution in [3.8, 4) is 0 Å². The van der Waals surface area contributed by atoms with Crippen molar-refractivity contribution in [3.63, 3.8) is 0 Å². The third kappa shape index (κ3) is 8.19. The first-order chi connectivity index (χ1) is 15.3. The van der Waals surface area contributed by atoms with Crippen molar-refractivity contribution in [1.29, 1.82) is 0 Å². The van der Waals surface area contributed by atoms with Crippen molar-refractivity contribution in [2.75, 3.05) is 6.54 Å². The van der Waals surface area contributed by atoms with Crippen molar-refractivity contribution in [2.24, 2.45) is 5.73 Å². The Morgan fingerprint density at radius 1 is 0.844 bits per heavy atom. The number of hydrogen-bond donors (Lipinski definition) is 5. The van der Waals surface area contributed by atoms with E-state index in [9.17, 15) is 19.2 Å². The lowest BCUT2D eigenvalue weighted by Gasteiger charge is -2.21. The number of carboxylic acid groups (broad SMARTS) is 1. The molecule has 0 saturated heterocycles. The highest BCUT2D eigenvalue weighted by atomic mass is 16.4. The number of carboxylic acids is 1. The highest BCUT2D eigenvalue weighted by Crippen LogP contribution is 2.06. The first-order valence-electron chi connectivity index (χ1n) is 10.2. The SMILES string of the molecule is CC(NC(=O)CNC(=O)C(Cc1ccccc1)NC(=O)C(N)Cc1ccccc1)C(=O)O. The number of carbonyl (C=O) groups excluding carboxylic acids is 3. The first kappa shape index (κ1) is 24.5. The Morgan fingerprint density at radius 2 is 1.38 bits per heavy atom. The summed E-state index contributed by atoms with van der Waals surface area (Å²) in [5.74, 6) is -2.91. The van der Waals surface area contributed by atoms with E-state index in [4.69, 9.17) is 10.8 Å². The predicted molar refractivity (Wildman–Crippen MR) is 118 cm³/mol. The standard InChI is InChI=1S/C23H28N4O5/c1-15(23(31)32)26-20(28)14-25-22(30)19(13-17-10-6-3-7-11-17)27-21(29)18(24)12-16-8-4-2-5-9-16/h2-11,15,18-19H,12-14,24H2,1H3,(H,25,30)(H,26,28)(H,27,29)(H,31,32). The molecule has 2 aromatic rings. The maximum atomic E-state index is 12.7. The summed E-state index contributed by atoms with van der Waals surface area (Å²) in [6, 6.07) is 15.5. The number of hydrogen-bond acceptors (Lipinski definition) is 5. The number of aliphatic carboxylic acids is 1. The van der Waals surface area contributed by atoms with Crippen LogP contribution in [0.1, 0.15) is 18.1 Å². The van der Waals surface area contributed by atoms with Crippen LogP contribution in [0.3, 0.4) is 0 Å². The Kier molecular flexibility index (Phi) is 9.37. The Hall–Kier alpha value is -3.72. The van der Waals surface area contributed by atoms with Gasteiger partial charge in [-0.2, -0.15) is 0 Å². The fraction of sp³-hybridized carbons (Fsp3) is 0.304. The molecule has 0 aliphatic rings. The van der Waals surface area contributed by atoms with E-state index in [0.717, 1.165) is 11.1 Å². The summed E-state index contributed by atoms with van der Waals surface area (Å²) in [7, 11) is 0. The molecule has 3 unspecified atom stereocenters. The second-order valence-corrected chi connectivity index (χ2v) is 7.39. The van der Waals surface area contributed by atoms with Crippen molar-refractivity contribution < 1.29 is 24.3 Å². The minimum absolute atomic E-state index is 0.198. The normalized spacial score (nSPS) is 13.3. The second kappa shape index (κ2) is 12.2.